The molecule has 0 saturated carbocycles. The molecule has 5 atom stereocenters. The number of carbonyl (C=O) groups excluding carboxylic acids is 2. The van der Waals surface area contributed by atoms with E-state index in [4.69, 9.17) is 26.4 Å². The highest BCUT2D eigenvalue weighted by atomic mass is 32.1. The van der Waals surface area contributed by atoms with Crippen LogP contribution in [-0.2, 0) is 23.8 Å². The fourth-order valence-corrected chi connectivity index (χ4v) is 5.60. The molecule has 40 heavy (non-hydrogen) atoms. The van der Waals surface area contributed by atoms with Gasteiger partial charge in [0, 0.05) is 11.5 Å². The molecule has 3 saturated heterocycles. The first-order chi connectivity index (χ1) is 19.0. The number of aryl methyl sites for hydroxylation is 1. The zero-order chi connectivity index (χ0) is 26.9. The largest absolute Gasteiger partial charge is 0.363 e. The van der Waals surface area contributed by atoms with Gasteiger partial charge in [0.1, 0.15) is 11.7 Å². The van der Waals surface area contributed by atoms with Gasteiger partial charge in [0.05, 0.1) is 24.5 Å². The van der Waals surface area contributed by atoms with Crippen molar-refractivity contribution in [2.75, 3.05) is 11.5 Å². The molecular weight excluding hydrogens is 524 g/mol. The lowest BCUT2D eigenvalue weighted by molar-refractivity contribution is -0.286. The van der Waals surface area contributed by atoms with E-state index < -0.39 is 30.3 Å². The van der Waals surface area contributed by atoms with Gasteiger partial charge in [-0.05, 0) is 49.3 Å². The summed E-state index contributed by atoms with van der Waals surface area (Å²) in [5.74, 6) is -1.05. The zero-order valence-corrected chi connectivity index (χ0v) is 22.2. The first kappa shape index (κ1) is 27.9. The van der Waals surface area contributed by atoms with E-state index in [2.05, 4.69) is 5.32 Å². The third-order valence-electron chi connectivity index (χ3n) is 7.34. The summed E-state index contributed by atoms with van der Waals surface area (Å²) in [4.78, 5) is 28.1. The molecule has 3 heterocycles. The number of hydrogen-bond acceptors (Lipinski definition) is 6. The molecule has 3 fully saturated rings. The van der Waals surface area contributed by atoms with Crippen molar-refractivity contribution in [3.63, 3.8) is 0 Å². The first-order valence-corrected chi connectivity index (χ1v) is 13.4. The summed E-state index contributed by atoms with van der Waals surface area (Å²) in [5.41, 5.74) is 3.51. The molecule has 206 valence electrons. The van der Waals surface area contributed by atoms with Gasteiger partial charge in [0.2, 0.25) is 0 Å². The van der Waals surface area contributed by atoms with Crippen LogP contribution in [-0.4, -0.2) is 35.7 Å². The van der Waals surface area contributed by atoms with Crippen LogP contribution in [0.5, 0.6) is 0 Å². The van der Waals surface area contributed by atoms with Crippen LogP contribution in [0, 0.1) is 12.8 Å². The maximum atomic E-state index is 13.7. The Hall–Kier alpha value is -3.69. The smallest absolute Gasteiger partial charge is 0.269 e. The van der Waals surface area contributed by atoms with Crippen LogP contribution in [0.2, 0.25) is 0 Å². The van der Waals surface area contributed by atoms with Crippen molar-refractivity contribution in [2.45, 2.75) is 45.4 Å². The molecule has 8 heteroatoms. The van der Waals surface area contributed by atoms with Crippen LogP contribution >= 0.6 is 12.2 Å². The molecule has 3 aliphatic rings. The fraction of sp³-hybridized carbons (Fsp3) is 0.281. The lowest BCUT2D eigenvalue weighted by Gasteiger charge is -2.46. The Labute approximate surface area is 239 Å². The molecule has 3 aromatic rings. The molecule has 2 amide bonds. The first-order valence-electron chi connectivity index (χ1n) is 13.0. The Bertz CT molecular complexity index is 1410. The van der Waals surface area contributed by atoms with Gasteiger partial charge in [-0.2, -0.15) is 0 Å². The summed E-state index contributed by atoms with van der Waals surface area (Å²) >= 11 is 5.37. The van der Waals surface area contributed by atoms with Crippen molar-refractivity contribution in [1.82, 2.24) is 5.32 Å². The van der Waals surface area contributed by atoms with E-state index >= 15 is 0 Å². The van der Waals surface area contributed by atoms with Crippen molar-refractivity contribution in [3.8, 4) is 0 Å². The van der Waals surface area contributed by atoms with Crippen LogP contribution in [0.15, 0.2) is 96.6 Å². The number of hydrogen-bond donors (Lipinski definition) is 1. The molecule has 0 bridgehead atoms. The molecule has 6 rings (SSSR count). The molecule has 7 nitrogen and oxygen atoms in total. The number of anilines is 1. The van der Waals surface area contributed by atoms with Crippen molar-refractivity contribution in [2.24, 2.45) is 5.92 Å². The molecule has 0 spiro atoms. The summed E-state index contributed by atoms with van der Waals surface area (Å²) in [6.45, 7) is 2.43. The number of rotatable bonds is 4. The minimum atomic E-state index is -0.666. The minimum absolute atomic E-state index is 0. The molecule has 3 aliphatic heterocycles. The van der Waals surface area contributed by atoms with E-state index in [9.17, 15) is 9.59 Å². The van der Waals surface area contributed by atoms with Gasteiger partial charge >= 0.3 is 0 Å². The average molecular weight is 557 g/mol. The number of benzene rings is 3. The third kappa shape index (κ3) is 5.48. The number of amides is 2. The van der Waals surface area contributed by atoms with Crippen LogP contribution in [0.25, 0.3) is 0 Å². The van der Waals surface area contributed by atoms with Gasteiger partial charge in [-0.15, -0.1) is 0 Å². The number of carbonyl (C=O) groups is 2. The summed E-state index contributed by atoms with van der Waals surface area (Å²) in [5, 5.41) is 2.71. The predicted octanol–water partition coefficient (Wildman–Crippen LogP) is 5.57. The quantitative estimate of drug-likeness (QED) is 0.257. The average Bonchev–Trinajstić information content (AvgIpc) is 2.96. The SMILES string of the molecule is C.Cc1ccc(N2C(=O)/C(=C\C3OC(c4ccccc4)C[C@@H]4CO[C@H](c5ccccc5)O[C@H]34)C(=O)NC2=S)cc1. The second-order valence-electron chi connectivity index (χ2n) is 9.99. The maximum Gasteiger partial charge on any atom is 0.269 e. The molecule has 2 unspecified atom stereocenters. The Morgan fingerprint density at radius 3 is 2.23 bits per heavy atom. The monoisotopic (exact) mass is 556 g/mol. The van der Waals surface area contributed by atoms with Crippen LogP contribution in [0.1, 0.15) is 42.9 Å². The number of nitrogens with one attached hydrogen (secondary N) is 1. The lowest BCUT2D eigenvalue weighted by Crippen LogP contribution is -2.55. The standard InChI is InChI=1S/C31H28N2O5S.CH4/c1-19-12-14-23(15-13-19)33-29(35)24(28(34)32-31(33)39)17-26-27-22(16-25(37-26)20-8-4-2-5-9-20)18-36-30(38-27)21-10-6-3-7-11-21;/h2-15,17,22,25-27,30H,16,18H2,1H3,(H,32,34,39);1H4/b24-17-;/t22-,25?,26?,27+,30+;/m1./s1. The predicted molar refractivity (Wildman–Crippen MR) is 156 cm³/mol. The van der Waals surface area contributed by atoms with Gasteiger partial charge in [-0.1, -0.05) is 85.8 Å². The van der Waals surface area contributed by atoms with Gasteiger partial charge in [-0.3, -0.25) is 19.8 Å². The van der Waals surface area contributed by atoms with E-state index in [0.29, 0.717) is 18.7 Å². The number of thiocarbonyl (C=S) groups is 1. The normalized spacial score (nSPS) is 27.5. The highest BCUT2D eigenvalue weighted by Gasteiger charge is 2.45. The second-order valence-corrected chi connectivity index (χ2v) is 10.4. The van der Waals surface area contributed by atoms with E-state index in [1.54, 1.807) is 18.2 Å². The lowest BCUT2D eigenvalue weighted by atomic mass is 9.85. The zero-order valence-electron chi connectivity index (χ0n) is 21.4. The molecular formula is C32H32N2O5S. The van der Waals surface area contributed by atoms with Crippen molar-refractivity contribution in [1.29, 1.82) is 0 Å². The summed E-state index contributed by atoms with van der Waals surface area (Å²) < 4.78 is 19.2. The minimum Gasteiger partial charge on any atom is -0.363 e. The molecule has 0 aliphatic carbocycles. The second kappa shape index (κ2) is 11.8. The van der Waals surface area contributed by atoms with E-state index in [-0.39, 0.29) is 30.1 Å². The molecule has 0 aromatic heterocycles. The van der Waals surface area contributed by atoms with Crippen LogP contribution in [0.4, 0.5) is 5.69 Å². The Balaban J connectivity index is 0.00000323. The van der Waals surface area contributed by atoms with Gasteiger partial charge in [0.25, 0.3) is 11.8 Å². The topological polar surface area (TPSA) is 77.1 Å². The summed E-state index contributed by atoms with van der Waals surface area (Å²) in [6.07, 6.45) is 0.388. The highest BCUT2D eigenvalue weighted by molar-refractivity contribution is 7.80. The highest BCUT2D eigenvalue weighted by Crippen LogP contribution is 2.43. The third-order valence-corrected chi connectivity index (χ3v) is 7.62. The van der Waals surface area contributed by atoms with Gasteiger partial charge in [-0.25, -0.2) is 0 Å². The fourth-order valence-electron chi connectivity index (χ4n) is 5.32. The number of fused-ring (bicyclic) bond motifs is 1. The Kier molecular flexibility index (Phi) is 8.23. The van der Waals surface area contributed by atoms with Crippen LogP contribution < -0.4 is 10.2 Å². The van der Waals surface area contributed by atoms with E-state index in [1.165, 1.54) is 4.90 Å². The maximum absolute atomic E-state index is 13.7. The summed E-state index contributed by atoms with van der Waals surface area (Å²) in [6, 6.07) is 27.0. The van der Waals surface area contributed by atoms with E-state index in [1.807, 2.05) is 79.7 Å². The molecule has 1 N–H and O–H groups in total. The van der Waals surface area contributed by atoms with Crippen molar-refractivity contribution < 1.29 is 23.8 Å². The number of nitrogens with zero attached hydrogens (tertiary/aromatic N) is 1. The number of ether oxygens (including phenoxy) is 3. The van der Waals surface area contributed by atoms with Crippen molar-refractivity contribution >= 4 is 34.8 Å². The Morgan fingerprint density at radius 1 is 0.900 bits per heavy atom. The van der Waals surface area contributed by atoms with Crippen LogP contribution in [0.3, 0.4) is 0 Å². The van der Waals surface area contributed by atoms with E-state index in [0.717, 1.165) is 16.7 Å². The Morgan fingerprint density at radius 2 is 1.55 bits per heavy atom. The van der Waals surface area contributed by atoms with Crippen molar-refractivity contribution in [3.05, 3.63) is 113 Å². The molecule has 3 aromatic carbocycles. The molecule has 0 radical (unpaired) electrons. The van der Waals surface area contributed by atoms with Gasteiger partial charge < -0.3 is 14.2 Å². The summed E-state index contributed by atoms with van der Waals surface area (Å²) in [7, 11) is 0. The van der Waals surface area contributed by atoms with Gasteiger partial charge in [0.15, 0.2) is 11.4 Å².